The largest absolute Gasteiger partial charge is 0.464 e. The van der Waals surface area contributed by atoms with Gasteiger partial charge < -0.3 is 19.5 Å². The Morgan fingerprint density at radius 3 is 2.24 bits per heavy atom. The first-order valence-electron chi connectivity index (χ1n) is 10.3. The highest BCUT2D eigenvalue weighted by molar-refractivity contribution is 6.04. The first kappa shape index (κ1) is 23.0. The van der Waals surface area contributed by atoms with Gasteiger partial charge in [0.2, 0.25) is 0 Å². The number of hydrogen-bond donors (Lipinski definition) is 1. The Bertz CT molecular complexity index is 783. The van der Waals surface area contributed by atoms with Gasteiger partial charge >= 0.3 is 12.0 Å². The number of rotatable bonds is 5. The van der Waals surface area contributed by atoms with E-state index in [-0.39, 0.29) is 29.9 Å². The molecule has 0 unspecified atom stereocenters. The summed E-state index contributed by atoms with van der Waals surface area (Å²) < 4.78 is 6.56. The molecular formula is C22H35N3O4. The van der Waals surface area contributed by atoms with Crippen molar-refractivity contribution in [2.45, 2.75) is 78.3 Å². The lowest BCUT2D eigenvalue weighted by atomic mass is 9.93. The number of methoxy groups -OCH3 is 1. The quantitative estimate of drug-likeness (QED) is 0.597. The minimum Gasteiger partial charge on any atom is -0.464 e. The Labute approximate surface area is 173 Å². The second kappa shape index (κ2) is 9.01. The van der Waals surface area contributed by atoms with Gasteiger partial charge in [0.05, 0.1) is 13.7 Å². The highest BCUT2D eigenvalue weighted by Crippen LogP contribution is 2.26. The topological polar surface area (TPSA) is 80.6 Å². The van der Waals surface area contributed by atoms with Gasteiger partial charge in [-0.15, -0.1) is 0 Å². The van der Waals surface area contributed by atoms with Crippen LogP contribution >= 0.6 is 0 Å². The lowest BCUT2D eigenvalue weighted by Crippen LogP contribution is -2.53. The van der Waals surface area contributed by atoms with Crippen LogP contribution in [0.5, 0.6) is 0 Å². The van der Waals surface area contributed by atoms with E-state index in [1.54, 1.807) is 23.4 Å². The molecule has 1 N–H and O–H groups in total. The lowest BCUT2D eigenvalue weighted by molar-refractivity contribution is 0.0588. The van der Waals surface area contributed by atoms with E-state index in [4.69, 9.17) is 4.74 Å². The fraction of sp³-hybridized carbons (Fsp3) is 0.682. The molecule has 1 aliphatic carbocycles. The fourth-order valence-electron chi connectivity index (χ4n) is 4.16. The second-order valence-corrected chi connectivity index (χ2v) is 9.01. The third kappa shape index (κ3) is 5.19. The standard InChI is InChI=1S/C22H35N3O4/c1-14-18(15(2)24(6)19(14)20(27)29-7)17(26)13-25(16-11-9-8-10-12-16)21(28)23-22(3,4)5/h16H,8-13H2,1-7H3,(H,23,28). The number of ketones is 1. The molecule has 1 heterocycles. The Morgan fingerprint density at radius 1 is 1.14 bits per heavy atom. The molecule has 0 aromatic carbocycles. The number of nitrogens with one attached hydrogen (secondary N) is 1. The molecule has 0 atom stereocenters. The van der Waals surface area contributed by atoms with Crippen molar-refractivity contribution in [2.75, 3.05) is 13.7 Å². The summed E-state index contributed by atoms with van der Waals surface area (Å²) in [5, 5.41) is 3.00. The number of carbonyl (C=O) groups is 3. The summed E-state index contributed by atoms with van der Waals surface area (Å²) in [6.07, 6.45) is 5.11. The molecule has 0 aliphatic heterocycles. The minimum atomic E-state index is -0.471. The van der Waals surface area contributed by atoms with E-state index >= 15 is 0 Å². The van der Waals surface area contributed by atoms with Crippen molar-refractivity contribution in [3.63, 3.8) is 0 Å². The van der Waals surface area contributed by atoms with Crippen LogP contribution in [0.15, 0.2) is 0 Å². The first-order valence-corrected chi connectivity index (χ1v) is 10.3. The number of Topliss-reactive ketones (excluding diaryl/α,β-unsaturated/α-hetero) is 1. The van der Waals surface area contributed by atoms with Gasteiger partial charge in [0.25, 0.3) is 0 Å². The molecule has 1 saturated carbocycles. The van der Waals surface area contributed by atoms with Crippen LogP contribution in [0, 0.1) is 13.8 Å². The van der Waals surface area contributed by atoms with Crippen molar-refractivity contribution >= 4 is 17.8 Å². The molecule has 0 bridgehead atoms. The SMILES string of the molecule is COC(=O)c1c(C)c(C(=O)CN(C(=O)NC(C)(C)C)C2CCCCC2)c(C)n1C. The summed E-state index contributed by atoms with van der Waals surface area (Å²) in [4.78, 5) is 40.1. The monoisotopic (exact) mass is 405 g/mol. The molecule has 1 aromatic rings. The average molecular weight is 406 g/mol. The van der Waals surface area contributed by atoms with E-state index in [1.165, 1.54) is 13.5 Å². The van der Waals surface area contributed by atoms with Crippen LogP contribution < -0.4 is 5.32 Å². The van der Waals surface area contributed by atoms with E-state index < -0.39 is 5.97 Å². The van der Waals surface area contributed by atoms with E-state index in [0.717, 1.165) is 25.7 Å². The Kier molecular flexibility index (Phi) is 7.14. The summed E-state index contributed by atoms with van der Waals surface area (Å²) in [7, 11) is 3.07. The normalized spacial score (nSPS) is 15.1. The smallest absolute Gasteiger partial charge is 0.354 e. The zero-order valence-corrected chi connectivity index (χ0v) is 18.8. The van der Waals surface area contributed by atoms with Crippen molar-refractivity contribution in [3.05, 3.63) is 22.5 Å². The number of ether oxygens (including phenoxy) is 1. The molecule has 2 rings (SSSR count). The van der Waals surface area contributed by atoms with Crippen LogP contribution in [0.25, 0.3) is 0 Å². The molecule has 1 aliphatic rings. The van der Waals surface area contributed by atoms with Crippen molar-refractivity contribution in [1.29, 1.82) is 0 Å². The van der Waals surface area contributed by atoms with Crippen LogP contribution in [-0.4, -0.2) is 52.5 Å². The predicted molar refractivity (Wildman–Crippen MR) is 112 cm³/mol. The van der Waals surface area contributed by atoms with Crippen molar-refractivity contribution < 1.29 is 19.1 Å². The van der Waals surface area contributed by atoms with Gasteiger partial charge in [-0.1, -0.05) is 19.3 Å². The zero-order valence-electron chi connectivity index (χ0n) is 18.8. The fourth-order valence-corrected chi connectivity index (χ4v) is 4.16. The van der Waals surface area contributed by atoms with Gasteiger partial charge in [-0.05, 0) is 53.0 Å². The Hall–Kier alpha value is -2.31. The number of nitrogens with zero attached hydrogens (tertiary/aromatic N) is 2. The Morgan fingerprint density at radius 2 is 1.72 bits per heavy atom. The third-order valence-electron chi connectivity index (χ3n) is 5.66. The molecule has 1 aromatic heterocycles. The maximum atomic E-state index is 13.3. The third-order valence-corrected chi connectivity index (χ3v) is 5.66. The maximum absolute atomic E-state index is 13.3. The molecule has 0 saturated heterocycles. The van der Waals surface area contributed by atoms with Gasteiger partial charge in [-0.25, -0.2) is 9.59 Å². The van der Waals surface area contributed by atoms with Crippen LogP contribution in [0.4, 0.5) is 4.79 Å². The molecule has 29 heavy (non-hydrogen) atoms. The van der Waals surface area contributed by atoms with Gasteiger partial charge in [0, 0.05) is 29.9 Å². The van der Waals surface area contributed by atoms with Crippen LogP contribution in [0.3, 0.4) is 0 Å². The number of amides is 2. The molecule has 7 nitrogen and oxygen atoms in total. The van der Waals surface area contributed by atoms with E-state index in [2.05, 4.69) is 5.32 Å². The van der Waals surface area contributed by atoms with Gasteiger partial charge in [0.15, 0.2) is 5.78 Å². The van der Waals surface area contributed by atoms with E-state index in [9.17, 15) is 14.4 Å². The molecule has 162 valence electrons. The van der Waals surface area contributed by atoms with Gasteiger partial charge in [-0.3, -0.25) is 4.79 Å². The van der Waals surface area contributed by atoms with E-state index in [0.29, 0.717) is 22.5 Å². The maximum Gasteiger partial charge on any atom is 0.354 e. The summed E-state index contributed by atoms with van der Waals surface area (Å²) in [6.45, 7) is 9.36. The minimum absolute atomic E-state index is 0.00111. The van der Waals surface area contributed by atoms with Crippen molar-refractivity contribution in [3.8, 4) is 0 Å². The number of urea groups is 1. The van der Waals surface area contributed by atoms with Gasteiger partial charge in [0.1, 0.15) is 5.69 Å². The van der Waals surface area contributed by atoms with E-state index in [1.807, 2.05) is 27.7 Å². The molecule has 7 heteroatoms. The summed E-state index contributed by atoms with van der Waals surface area (Å²) in [6, 6.07) is -0.156. The van der Waals surface area contributed by atoms with Crippen LogP contribution in [0.1, 0.15) is 85.0 Å². The molecule has 0 radical (unpaired) electrons. The summed E-state index contributed by atoms with van der Waals surface area (Å²) in [5.41, 5.74) is 1.78. The molecular weight excluding hydrogens is 370 g/mol. The van der Waals surface area contributed by atoms with Crippen molar-refractivity contribution in [2.24, 2.45) is 7.05 Å². The molecule has 2 amide bonds. The molecule has 1 fully saturated rings. The van der Waals surface area contributed by atoms with Gasteiger partial charge in [-0.2, -0.15) is 0 Å². The highest BCUT2D eigenvalue weighted by atomic mass is 16.5. The average Bonchev–Trinajstić information content (AvgIpc) is 2.87. The summed E-state index contributed by atoms with van der Waals surface area (Å²) >= 11 is 0. The second-order valence-electron chi connectivity index (χ2n) is 9.01. The highest BCUT2D eigenvalue weighted by Gasteiger charge is 2.32. The summed E-state index contributed by atoms with van der Waals surface area (Å²) in [5.74, 6) is -0.623. The molecule has 0 spiro atoms. The number of carbonyl (C=O) groups excluding carboxylic acids is 3. The van der Waals surface area contributed by atoms with Crippen molar-refractivity contribution in [1.82, 2.24) is 14.8 Å². The van der Waals surface area contributed by atoms with Crippen LogP contribution in [0.2, 0.25) is 0 Å². The first-order chi connectivity index (χ1) is 13.5. The number of aromatic nitrogens is 1. The number of esters is 1. The zero-order chi connectivity index (χ0) is 21.9. The lowest BCUT2D eigenvalue weighted by Gasteiger charge is -2.36. The number of hydrogen-bond acceptors (Lipinski definition) is 4. The van der Waals surface area contributed by atoms with Crippen LogP contribution in [-0.2, 0) is 11.8 Å². The predicted octanol–water partition coefficient (Wildman–Crippen LogP) is 3.75. The Balaban J connectivity index is 2.34.